The molecular formula is C17H19NO2. The molecule has 1 aliphatic heterocycles. The molecule has 0 radical (unpaired) electrons. The van der Waals surface area contributed by atoms with Gasteiger partial charge in [-0.3, -0.25) is 0 Å². The summed E-state index contributed by atoms with van der Waals surface area (Å²) < 4.78 is 5.68. The molecule has 0 spiro atoms. The summed E-state index contributed by atoms with van der Waals surface area (Å²) in [5, 5.41) is 13.4. The molecule has 0 saturated carbocycles. The Hall–Kier alpha value is -1.84. The number of aryl methyl sites for hydroxylation is 1. The molecule has 1 atom stereocenters. The van der Waals surface area contributed by atoms with Crippen molar-refractivity contribution in [1.82, 2.24) is 0 Å². The Morgan fingerprint density at radius 1 is 1.20 bits per heavy atom. The van der Waals surface area contributed by atoms with Crippen molar-refractivity contribution in [2.24, 2.45) is 0 Å². The van der Waals surface area contributed by atoms with Gasteiger partial charge >= 0.3 is 0 Å². The first-order valence-corrected chi connectivity index (χ1v) is 6.85. The van der Waals surface area contributed by atoms with Gasteiger partial charge in [0, 0.05) is 5.69 Å². The highest BCUT2D eigenvalue weighted by atomic mass is 16.5. The van der Waals surface area contributed by atoms with E-state index < -0.39 is 5.54 Å². The summed E-state index contributed by atoms with van der Waals surface area (Å²) >= 11 is 0. The van der Waals surface area contributed by atoms with Crippen molar-refractivity contribution in [3.63, 3.8) is 0 Å². The number of nitrogens with one attached hydrogen (secondary N) is 1. The quantitative estimate of drug-likeness (QED) is 0.900. The molecule has 2 aromatic rings. The summed E-state index contributed by atoms with van der Waals surface area (Å²) in [6.07, 6.45) is 0. The van der Waals surface area contributed by atoms with E-state index in [0.29, 0.717) is 13.2 Å². The van der Waals surface area contributed by atoms with Crippen LogP contribution in [0.3, 0.4) is 0 Å². The Morgan fingerprint density at radius 3 is 2.85 bits per heavy atom. The van der Waals surface area contributed by atoms with Crippen LogP contribution in [0.1, 0.15) is 16.7 Å². The minimum Gasteiger partial charge on any atom is -0.393 e. The summed E-state index contributed by atoms with van der Waals surface area (Å²) in [6.45, 7) is 3.13. The van der Waals surface area contributed by atoms with Crippen molar-refractivity contribution < 1.29 is 9.84 Å². The molecule has 0 fully saturated rings. The Morgan fingerprint density at radius 2 is 2.05 bits per heavy atom. The van der Waals surface area contributed by atoms with Crippen molar-refractivity contribution in [2.75, 3.05) is 18.5 Å². The maximum absolute atomic E-state index is 9.98. The molecule has 0 aromatic heterocycles. The molecule has 0 aliphatic carbocycles. The predicted molar refractivity (Wildman–Crippen MR) is 79.7 cm³/mol. The summed E-state index contributed by atoms with van der Waals surface area (Å²) in [4.78, 5) is 0. The maximum atomic E-state index is 9.98. The second kappa shape index (κ2) is 5.27. The van der Waals surface area contributed by atoms with Crippen molar-refractivity contribution in [1.29, 1.82) is 0 Å². The van der Waals surface area contributed by atoms with Crippen LogP contribution in [0, 0.1) is 6.92 Å². The fourth-order valence-corrected chi connectivity index (χ4v) is 2.80. The van der Waals surface area contributed by atoms with Gasteiger partial charge in [-0.15, -0.1) is 0 Å². The van der Waals surface area contributed by atoms with E-state index in [0.717, 1.165) is 16.8 Å². The third-order valence-electron chi connectivity index (χ3n) is 3.81. The first-order valence-electron chi connectivity index (χ1n) is 6.85. The lowest BCUT2D eigenvalue weighted by Gasteiger charge is -2.39. The van der Waals surface area contributed by atoms with Gasteiger partial charge in [-0.1, -0.05) is 36.4 Å². The van der Waals surface area contributed by atoms with Gasteiger partial charge in [0.15, 0.2) is 0 Å². The molecule has 20 heavy (non-hydrogen) atoms. The summed E-state index contributed by atoms with van der Waals surface area (Å²) in [7, 11) is 0. The Kier molecular flexibility index (Phi) is 3.47. The number of rotatable bonds is 3. The zero-order valence-electron chi connectivity index (χ0n) is 11.6. The van der Waals surface area contributed by atoms with Gasteiger partial charge in [0.2, 0.25) is 0 Å². The van der Waals surface area contributed by atoms with Crippen LogP contribution in [0.2, 0.25) is 0 Å². The molecule has 104 valence electrons. The molecule has 3 nitrogen and oxygen atoms in total. The second-order valence-corrected chi connectivity index (χ2v) is 5.38. The summed E-state index contributed by atoms with van der Waals surface area (Å²) in [5.41, 5.74) is 3.87. The molecule has 1 unspecified atom stereocenters. The first kappa shape index (κ1) is 13.2. The second-order valence-electron chi connectivity index (χ2n) is 5.38. The number of anilines is 1. The number of ether oxygens (including phenoxy) is 1. The summed E-state index contributed by atoms with van der Waals surface area (Å²) in [6, 6.07) is 16.3. The van der Waals surface area contributed by atoms with Gasteiger partial charge in [0.1, 0.15) is 5.54 Å². The van der Waals surface area contributed by atoms with Crippen molar-refractivity contribution >= 4 is 5.69 Å². The molecule has 3 rings (SSSR count). The minimum absolute atomic E-state index is 0.00203. The van der Waals surface area contributed by atoms with Crippen LogP contribution in [0.25, 0.3) is 0 Å². The Bertz CT molecular complexity index is 611. The van der Waals surface area contributed by atoms with Crippen molar-refractivity contribution in [3.05, 3.63) is 65.2 Å². The lowest BCUT2D eigenvalue weighted by molar-refractivity contribution is 0.0357. The van der Waals surface area contributed by atoms with Crippen LogP contribution in [-0.2, 0) is 16.9 Å². The molecule has 1 heterocycles. The monoisotopic (exact) mass is 269 g/mol. The van der Waals surface area contributed by atoms with Crippen LogP contribution in [-0.4, -0.2) is 18.3 Å². The topological polar surface area (TPSA) is 41.5 Å². The van der Waals surface area contributed by atoms with E-state index >= 15 is 0 Å². The van der Waals surface area contributed by atoms with Gasteiger partial charge in [-0.2, -0.15) is 0 Å². The molecule has 2 N–H and O–H groups in total. The van der Waals surface area contributed by atoms with Crippen LogP contribution in [0.5, 0.6) is 0 Å². The highest BCUT2D eigenvalue weighted by molar-refractivity contribution is 5.51. The van der Waals surface area contributed by atoms with E-state index in [-0.39, 0.29) is 6.61 Å². The van der Waals surface area contributed by atoms with Crippen LogP contribution < -0.4 is 5.32 Å². The number of aliphatic hydroxyl groups excluding tert-OH is 1. The lowest BCUT2D eigenvalue weighted by Crippen LogP contribution is -2.46. The zero-order valence-corrected chi connectivity index (χ0v) is 11.6. The van der Waals surface area contributed by atoms with Crippen LogP contribution in [0.15, 0.2) is 48.5 Å². The number of hydrogen-bond acceptors (Lipinski definition) is 3. The zero-order chi connectivity index (χ0) is 14.0. The molecule has 1 aliphatic rings. The van der Waals surface area contributed by atoms with Crippen molar-refractivity contribution in [3.8, 4) is 0 Å². The van der Waals surface area contributed by atoms with E-state index in [9.17, 15) is 5.11 Å². The Balaban J connectivity index is 2.00. The molecule has 0 saturated heterocycles. The molecule has 3 heteroatoms. The first-order chi connectivity index (χ1) is 9.73. The number of benzene rings is 2. The molecule has 0 bridgehead atoms. The SMILES string of the molecule is Cc1cccc(NC2(CO)COCc3ccccc32)c1. The van der Waals surface area contributed by atoms with Crippen LogP contribution in [0.4, 0.5) is 5.69 Å². The highest BCUT2D eigenvalue weighted by Crippen LogP contribution is 2.33. The maximum Gasteiger partial charge on any atom is 0.110 e. The van der Waals surface area contributed by atoms with E-state index in [2.05, 4.69) is 36.5 Å². The standard InChI is InChI=1S/C17H19NO2/c1-13-5-4-7-15(9-13)18-17(11-19)12-20-10-14-6-2-3-8-16(14)17/h2-9,18-19H,10-12H2,1H3. The third-order valence-corrected chi connectivity index (χ3v) is 3.81. The van der Waals surface area contributed by atoms with Crippen LogP contribution >= 0.6 is 0 Å². The van der Waals surface area contributed by atoms with Gasteiger partial charge in [0.25, 0.3) is 0 Å². The van der Waals surface area contributed by atoms with E-state index in [1.165, 1.54) is 5.56 Å². The largest absolute Gasteiger partial charge is 0.393 e. The normalized spacial score (nSPS) is 21.3. The number of aliphatic hydroxyl groups is 1. The number of fused-ring (bicyclic) bond motifs is 1. The smallest absolute Gasteiger partial charge is 0.110 e. The third kappa shape index (κ3) is 2.30. The van der Waals surface area contributed by atoms with Gasteiger partial charge in [0.05, 0.1) is 19.8 Å². The van der Waals surface area contributed by atoms with E-state index in [4.69, 9.17) is 4.74 Å². The van der Waals surface area contributed by atoms with Gasteiger partial charge in [-0.25, -0.2) is 0 Å². The number of hydrogen-bond donors (Lipinski definition) is 2. The predicted octanol–water partition coefficient (Wildman–Crippen LogP) is 2.82. The fraction of sp³-hybridized carbons (Fsp3) is 0.294. The minimum atomic E-state index is -0.567. The fourth-order valence-electron chi connectivity index (χ4n) is 2.80. The lowest BCUT2D eigenvalue weighted by atomic mass is 9.85. The highest BCUT2D eigenvalue weighted by Gasteiger charge is 2.36. The van der Waals surface area contributed by atoms with Gasteiger partial charge in [-0.05, 0) is 35.7 Å². The molecular weight excluding hydrogens is 250 g/mol. The molecule has 0 amide bonds. The van der Waals surface area contributed by atoms with Gasteiger partial charge < -0.3 is 15.2 Å². The Labute approximate surface area is 119 Å². The summed E-state index contributed by atoms with van der Waals surface area (Å²) in [5.74, 6) is 0. The molecule has 2 aromatic carbocycles. The van der Waals surface area contributed by atoms with E-state index in [1.54, 1.807) is 0 Å². The van der Waals surface area contributed by atoms with E-state index in [1.807, 2.05) is 24.3 Å². The average molecular weight is 269 g/mol. The average Bonchev–Trinajstić information content (AvgIpc) is 2.47. The van der Waals surface area contributed by atoms with Crippen molar-refractivity contribution in [2.45, 2.75) is 19.1 Å².